The summed E-state index contributed by atoms with van der Waals surface area (Å²) >= 11 is 0. The number of hydrogen-bond acceptors (Lipinski definition) is 2. The van der Waals surface area contributed by atoms with Crippen LogP contribution in [0.15, 0.2) is 30.9 Å². The highest BCUT2D eigenvalue weighted by molar-refractivity contribution is 5.77. The van der Waals surface area contributed by atoms with Crippen LogP contribution in [0.2, 0.25) is 0 Å². The normalized spacial score (nSPS) is 10.2. The molecule has 2 heteroatoms. The van der Waals surface area contributed by atoms with E-state index in [1.165, 1.54) is 5.69 Å². The molecule has 0 aliphatic rings. The molecule has 86 valence electrons. The molecule has 0 unspecified atom stereocenters. The summed E-state index contributed by atoms with van der Waals surface area (Å²) in [6.45, 7) is 10.9. The highest BCUT2D eigenvalue weighted by atomic mass is 16.1. The molecule has 1 aromatic rings. The van der Waals surface area contributed by atoms with E-state index >= 15 is 0 Å². The number of benzene rings is 1. The Hall–Kier alpha value is -1.57. The zero-order valence-electron chi connectivity index (χ0n) is 10.2. The van der Waals surface area contributed by atoms with Gasteiger partial charge in [-0.15, -0.1) is 6.58 Å². The Morgan fingerprint density at radius 2 is 2.12 bits per heavy atom. The van der Waals surface area contributed by atoms with Crippen LogP contribution in [0.25, 0.3) is 0 Å². The molecule has 0 aromatic heterocycles. The molecule has 0 N–H and O–H groups in total. The van der Waals surface area contributed by atoms with E-state index in [1.54, 1.807) is 0 Å². The van der Waals surface area contributed by atoms with E-state index in [9.17, 15) is 4.79 Å². The van der Waals surface area contributed by atoms with Crippen molar-refractivity contribution in [3.8, 4) is 0 Å². The van der Waals surface area contributed by atoms with E-state index in [0.717, 1.165) is 24.0 Å². The van der Waals surface area contributed by atoms with E-state index in [-0.39, 0.29) is 0 Å². The van der Waals surface area contributed by atoms with Crippen molar-refractivity contribution >= 4 is 12.0 Å². The first-order chi connectivity index (χ1) is 7.60. The van der Waals surface area contributed by atoms with Gasteiger partial charge in [-0.2, -0.15) is 0 Å². The Morgan fingerprint density at radius 1 is 1.44 bits per heavy atom. The van der Waals surface area contributed by atoms with Crippen LogP contribution < -0.4 is 4.90 Å². The number of hydrogen-bond donors (Lipinski definition) is 0. The Labute approximate surface area is 97.6 Å². The van der Waals surface area contributed by atoms with E-state index < -0.39 is 0 Å². The number of rotatable bonds is 5. The van der Waals surface area contributed by atoms with Crippen LogP contribution in [0.1, 0.15) is 29.8 Å². The van der Waals surface area contributed by atoms with Gasteiger partial charge in [-0.05, 0) is 44.5 Å². The molecule has 0 amide bonds. The van der Waals surface area contributed by atoms with Crippen molar-refractivity contribution in [2.75, 3.05) is 11.4 Å². The predicted molar refractivity (Wildman–Crippen MR) is 69.2 cm³/mol. The number of carbonyl (C=O) groups excluding carboxylic acids is 1. The summed E-state index contributed by atoms with van der Waals surface area (Å²) in [4.78, 5) is 12.9. The first kappa shape index (κ1) is 12.5. The van der Waals surface area contributed by atoms with Crippen molar-refractivity contribution in [2.45, 2.75) is 26.8 Å². The SMILES string of the molecule is C=CCN(c1ccc(C=O)cc1C)C(C)C. The number of aryl methyl sites for hydroxylation is 1. The van der Waals surface area contributed by atoms with Gasteiger partial charge in [0.2, 0.25) is 0 Å². The minimum atomic E-state index is 0.416. The molecule has 16 heavy (non-hydrogen) atoms. The van der Waals surface area contributed by atoms with Crippen LogP contribution in [0.3, 0.4) is 0 Å². The first-order valence-electron chi connectivity index (χ1n) is 5.53. The van der Waals surface area contributed by atoms with Gasteiger partial charge < -0.3 is 4.90 Å². The van der Waals surface area contributed by atoms with Crippen molar-refractivity contribution in [3.63, 3.8) is 0 Å². The van der Waals surface area contributed by atoms with Gasteiger partial charge in [0.1, 0.15) is 6.29 Å². The van der Waals surface area contributed by atoms with Crippen LogP contribution in [0.4, 0.5) is 5.69 Å². The molecular formula is C14H19NO. The van der Waals surface area contributed by atoms with Crippen molar-refractivity contribution in [2.24, 2.45) is 0 Å². The second-order valence-electron chi connectivity index (χ2n) is 4.20. The van der Waals surface area contributed by atoms with Gasteiger partial charge in [0, 0.05) is 23.8 Å². The maximum atomic E-state index is 10.7. The average molecular weight is 217 g/mol. The third kappa shape index (κ3) is 2.72. The summed E-state index contributed by atoms with van der Waals surface area (Å²) in [5.41, 5.74) is 3.02. The minimum absolute atomic E-state index is 0.416. The fourth-order valence-corrected chi connectivity index (χ4v) is 1.80. The highest BCUT2D eigenvalue weighted by Gasteiger charge is 2.11. The van der Waals surface area contributed by atoms with Crippen LogP contribution in [0, 0.1) is 6.92 Å². The van der Waals surface area contributed by atoms with Crippen LogP contribution in [-0.2, 0) is 0 Å². The summed E-state index contributed by atoms with van der Waals surface area (Å²) in [7, 11) is 0. The summed E-state index contributed by atoms with van der Waals surface area (Å²) in [5, 5.41) is 0. The molecule has 0 spiro atoms. The third-order valence-corrected chi connectivity index (χ3v) is 2.62. The Morgan fingerprint density at radius 3 is 2.56 bits per heavy atom. The monoisotopic (exact) mass is 217 g/mol. The fraction of sp³-hybridized carbons (Fsp3) is 0.357. The molecule has 0 atom stereocenters. The van der Waals surface area contributed by atoms with Crippen molar-refractivity contribution < 1.29 is 4.79 Å². The van der Waals surface area contributed by atoms with Gasteiger partial charge >= 0.3 is 0 Å². The fourth-order valence-electron chi connectivity index (χ4n) is 1.80. The number of carbonyl (C=O) groups is 1. The van der Waals surface area contributed by atoms with Gasteiger partial charge in [0.25, 0.3) is 0 Å². The second kappa shape index (κ2) is 5.50. The molecular weight excluding hydrogens is 198 g/mol. The van der Waals surface area contributed by atoms with Crippen molar-refractivity contribution in [1.82, 2.24) is 0 Å². The van der Waals surface area contributed by atoms with Gasteiger partial charge in [-0.25, -0.2) is 0 Å². The van der Waals surface area contributed by atoms with Crippen molar-refractivity contribution in [3.05, 3.63) is 42.0 Å². The number of aldehydes is 1. The van der Waals surface area contributed by atoms with Crippen molar-refractivity contribution in [1.29, 1.82) is 0 Å². The lowest BCUT2D eigenvalue weighted by Gasteiger charge is -2.29. The Bertz CT molecular complexity index is 382. The molecule has 0 bridgehead atoms. The summed E-state index contributed by atoms with van der Waals surface area (Å²) in [6.07, 6.45) is 2.77. The molecule has 0 fully saturated rings. The maximum Gasteiger partial charge on any atom is 0.150 e. The number of anilines is 1. The largest absolute Gasteiger partial charge is 0.365 e. The van der Waals surface area contributed by atoms with E-state index in [0.29, 0.717) is 6.04 Å². The third-order valence-electron chi connectivity index (χ3n) is 2.62. The average Bonchev–Trinajstić information content (AvgIpc) is 2.26. The minimum Gasteiger partial charge on any atom is -0.365 e. The lowest BCUT2D eigenvalue weighted by molar-refractivity contribution is 0.112. The lowest BCUT2D eigenvalue weighted by Crippen LogP contribution is -2.31. The van der Waals surface area contributed by atoms with Gasteiger partial charge in [-0.1, -0.05) is 6.08 Å². The summed E-state index contributed by atoms with van der Waals surface area (Å²) in [5.74, 6) is 0. The lowest BCUT2D eigenvalue weighted by atomic mass is 10.1. The molecule has 2 nitrogen and oxygen atoms in total. The smallest absolute Gasteiger partial charge is 0.150 e. The van der Waals surface area contributed by atoms with E-state index in [4.69, 9.17) is 0 Å². The predicted octanol–water partition coefficient (Wildman–Crippen LogP) is 3.21. The zero-order chi connectivity index (χ0) is 12.1. The van der Waals surface area contributed by atoms with Gasteiger partial charge in [-0.3, -0.25) is 4.79 Å². The molecule has 0 heterocycles. The second-order valence-corrected chi connectivity index (χ2v) is 4.20. The van der Waals surface area contributed by atoms with Crippen LogP contribution >= 0.6 is 0 Å². The van der Waals surface area contributed by atoms with Gasteiger partial charge in [0.15, 0.2) is 0 Å². The molecule has 0 radical (unpaired) electrons. The summed E-state index contributed by atoms with van der Waals surface area (Å²) in [6, 6.07) is 6.19. The van der Waals surface area contributed by atoms with Crippen LogP contribution in [-0.4, -0.2) is 18.9 Å². The van der Waals surface area contributed by atoms with E-state index in [2.05, 4.69) is 25.3 Å². The quantitative estimate of drug-likeness (QED) is 0.557. The molecule has 0 saturated heterocycles. The molecule has 1 aromatic carbocycles. The topological polar surface area (TPSA) is 20.3 Å². The molecule has 1 rings (SSSR count). The van der Waals surface area contributed by atoms with Crippen LogP contribution in [0.5, 0.6) is 0 Å². The summed E-state index contributed by atoms with van der Waals surface area (Å²) < 4.78 is 0. The number of nitrogens with zero attached hydrogens (tertiary/aromatic N) is 1. The maximum absolute atomic E-state index is 10.7. The zero-order valence-corrected chi connectivity index (χ0v) is 10.2. The Kier molecular flexibility index (Phi) is 4.29. The molecule has 0 aliphatic heterocycles. The highest BCUT2D eigenvalue weighted by Crippen LogP contribution is 2.22. The molecule has 0 aliphatic carbocycles. The first-order valence-corrected chi connectivity index (χ1v) is 5.53. The molecule has 0 saturated carbocycles. The standard InChI is InChI=1S/C14H19NO/c1-5-8-15(11(2)3)14-7-6-13(10-16)9-12(14)4/h5-7,9-11H,1,8H2,2-4H3. The van der Waals surface area contributed by atoms with Gasteiger partial charge in [0.05, 0.1) is 0 Å². The van der Waals surface area contributed by atoms with E-state index in [1.807, 2.05) is 31.2 Å². The Balaban J connectivity index is 3.09.